The zero-order chi connectivity index (χ0) is 9.26. The summed E-state index contributed by atoms with van der Waals surface area (Å²) in [6.07, 6.45) is 14.0. The van der Waals surface area contributed by atoms with Crippen LogP contribution in [0.4, 0.5) is 0 Å². The summed E-state index contributed by atoms with van der Waals surface area (Å²) in [6, 6.07) is 0. The predicted molar refractivity (Wildman–Crippen MR) is 57.4 cm³/mol. The Hall–Kier alpha value is -0.780. The summed E-state index contributed by atoms with van der Waals surface area (Å²) in [5.41, 5.74) is 1.64. The van der Waals surface area contributed by atoms with E-state index >= 15 is 0 Å². The van der Waals surface area contributed by atoms with Gasteiger partial charge in [0.2, 0.25) is 0 Å². The van der Waals surface area contributed by atoms with Gasteiger partial charge in [-0.25, -0.2) is 0 Å². The van der Waals surface area contributed by atoms with Crippen LogP contribution in [0.15, 0.2) is 36.0 Å². The van der Waals surface area contributed by atoms with Crippen molar-refractivity contribution < 1.29 is 0 Å². The van der Waals surface area contributed by atoms with Crippen molar-refractivity contribution in [1.29, 1.82) is 0 Å². The minimum atomic E-state index is 0.768. The van der Waals surface area contributed by atoms with Gasteiger partial charge in [0.05, 0.1) is 0 Å². The Kier molecular flexibility index (Phi) is 2.39. The first-order valence-electron chi connectivity index (χ1n) is 5.31. The molecule has 2 rings (SSSR count). The molecule has 0 fully saturated rings. The van der Waals surface area contributed by atoms with Gasteiger partial charge in [0.1, 0.15) is 0 Å². The van der Waals surface area contributed by atoms with Crippen molar-refractivity contribution in [2.75, 3.05) is 0 Å². The molecule has 0 saturated heterocycles. The lowest BCUT2D eigenvalue weighted by molar-refractivity contribution is 0.340. The van der Waals surface area contributed by atoms with Crippen molar-refractivity contribution in [2.24, 2.45) is 17.8 Å². The van der Waals surface area contributed by atoms with Gasteiger partial charge in [0.25, 0.3) is 0 Å². The minimum Gasteiger partial charge on any atom is -0.0876 e. The average molecular weight is 174 g/mol. The van der Waals surface area contributed by atoms with Crippen LogP contribution in [0.2, 0.25) is 0 Å². The highest BCUT2D eigenvalue weighted by atomic mass is 14.3. The Bertz CT molecular complexity index is 266. The SMILES string of the molecule is CC(C)C1C=CC=C2CC=CCC21. The third-order valence-electron chi connectivity index (χ3n) is 3.26. The first kappa shape index (κ1) is 8.80. The monoisotopic (exact) mass is 174 g/mol. The molecule has 0 heteroatoms. The van der Waals surface area contributed by atoms with E-state index in [-0.39, 0.29) is 0 Å². The summed E-state index contributed by atoms with van der Waals surface area (Å²) in [5.74, 6) is 2.34. The molecule has 2 atom stereocenters. The highest BCUT2D eigenvalue weighted by Gasteiger charge is 2.27. The van der Waals surface area contributed by atoms with Crippen molar-refractivity contribution in [1.82, 2.24) is 0 Å². The van der Waals surface area contributed by atoms with E-state index < -0.39 is 0 Å². The molecule has 2 aliphatic carbocycles. The molecule has 70 valence electrons. The van der Waals surface area contributed by atoms with Crippen molar-refractivity contribution in [3.05, 3.63) is 36.0 Å². The van der Waals surface area contributed by atoms with Crippen LogP contribution in [0.25, 0.3) is 0 Å². The van der Waals surface area contributed by atoms with Crippen LogP contribution in [0.5, 0.6) is 0 Å². The fraction of sp³-hybridized carbons (Fsp3) is 0.538. The van der Waals surface area contributed by atoms with Crippen LogP contribution in [-0.2, 0) is 0 Å². The maximum atomic E-state index is 2.39. The molecule has 0 aromatic carbocycles. The molecule has 0 aromatic heterocycles. The fourth-order valence-electron chi connectivity index (χ4n) is 2.49. The first-order valence-corrected chi connectivity index (χ1v) is 5.31. The number of fused-ring (bicyclic) bond motifs is 1. The Balaban J connectivity index is 2.22. The Labute approximate surface area is 81.0 Å². The molecule has 0 nitrogen and oxygen atoms in total. The van der Waals surface area contributed by atoms with E-state index in [0.29, 0.717) is 0 Å². The van der Waals surface area contributed by atoms with E-state index in [4.69, 9.17) is 0 Å². The molecule has 13 heavy (non-hydrogen) atoms. The Morgan fingerprint density at radius 2 is 2.15 bits per heavy atom. The molecule has 0 aromatic rings. The standard InChI is InChI=1S/C13H18/c1-10(2)12-9-5-7-11-6-3-4-8-13(11)12/h3-5,7,9-10,12-13H,6,8H2,1-2H3. The number of hydrogen-bond acceptors (Lipinski definition) is 0. The highest BCUT2D eigenvalue weighted by Crippen LogP contribution is 2.38. The van der Waals surface area contributed by atoms with Crippen LogP contribution in [-0.4, -0.2) is 0 Å². The van der Waals surface area contributed by atoms with Crippen LogP contribution in [0.3, 0.4) is 0 Å². The number of allylic oxidation sites excluding steroid dienone is 6. The first-order chi connectivity index (χ1) is 6.29. The van der Waals surface area contributed by atoms with E-state index in [1.54, 1.807) is 5.57 Å². The summed E-state index contributed by atoms with van der Waals surface area (Å²) in [4.78, 5) is 0. The van der Waals surface area contributed by atoms with Gasteiger partial charge in [-0.15, -0.1) is 0 Å². The van der Waals surface area contributed by atoms with Crippen LogP contribution >= 0.6 is 0 Å². The van der Waals surface area contributed by atoms with Gasteiger partial charge in [-0.2, -0.15) is 0 Å². The van der Waals surface area contributed by atoms with Gasteiger partial charge in [-0.05, 0) is 30.6 Å². The van der Waals surface area contributed by atoms with Gasteiger partial charge >= 0.3 is 0 Å². The summed E-state index contributed by atoms with van der Waals surface area (Å²) in [7, 11) is 0. The normalized spacial score (nSPS) is 31.8. The third-order valence-corrected chi connectivity index (χ3v) is 3.26. The summed E-state index contributed by atoms with van der Waals surface area (Å²) in [6.45, 7) is 4.66. The van der Waals surface area contributed by atoms with E-state index in [0.717, 1.165) is 17.8 Å². The molecule has 0 N–H and O–H groups in total. The largest absolute Gasteiger partial charge is 0.0876 e. The number of hydrogen-bond donors (Lipinski definition) is 0. The van der Waals surface area contributed by atoms with E-state index in [2.05, 4.69) is 44.2 Å². The molecule has 0 bridgehead atoms. The van der Waals surface area contributed by atoms with Gasteiger partial charge in [-0.1, -0.05) is 49.8 Å². The second-order valence-corrected chi connectivity index (χ2v) is 4.47. The van der Waals surface area contributed by atoms with E-state index in [9.17, 15) is 0 Å². The second kappa shape index (κ2) is 3.53. The zero-order valence-electron chi connectivity index (χ0n) is 8.53. The lowest BCUT2D eigenvalue weighted by Crippen LogP contribution is -2.23. The summed E-state index contributed by atoms with van der Waals surface area (Å²) >= 11 is 0. The molecule has 0 heterocycles. The van der Waals surface area contributed by atoms with Crippen LogP contribution in [0.1, 0.15) is 26.7 Å². The van der Waals surface area contributed by atoms with E-state index in [1.807, 2.05) is 0 Å². The summed E-state index contributed by atoms with van der Waals surface area (Å²) < 4.78 is 0. The second-order valence-electron chi connectivity index (χ2n) is 4.47. The molecular formula is C13H18. The third kappa shape index (κ3) is 1.63. The van der Waals surface area contributed by atoms with Gasteiger partial charge in [0.15, 0.2) is 0 Å². The molecule has 0 spiro atoms. The predicted octanol–water partition coefficient (Wildman–Crippen LogP) is 3.72. The molecule has 0 amide bonds. The van der Waals surface area contributed by atoms with Gasteiger partial charge < -0.3 is 0 Å². The quantitative estimate of drug-likeness (QED) is 0.531. The van der Waals surface area contributed by atoms with Gasteiger partial charge in [-0.3, -0.25) is 0 Å². The van der Waals surface area contributed by atoms with Crippen LogP contribution < -0.4 is 0 Å². The maximum absolute atomic E-state index is 2.39. The highest BCUT2D eigenvalue weighted by molar-refractivity contribution is 5.28. The molecule has 2 aliphatic rings. The lowest BCUT2D eigenvalue weighted by Gasteiger charge is -2.33. The molecule has 0 aliphatic heterocycles. The maximum Gasteiger partial charge on any atom is -0.00969 e. The minimum absolute atomic E-state index is 0.768. The molecule has 0 saturated carbocycles. The topological polar surface area (TPSA) is 0 Å². The van der Waals surface area contributed by atoms with Crippen molar-refractivity contribution in [3.8, 4) is 0 Å². The smallest absolute Gasteiger partial charge is 0.00969 e. The van der Waals surface area contributed by atoms with Crippen molar-refractivity contribution in [2.45, 2.75) is 26.7 Å². The summed E-state index contributed by atoms with van der Waals surface area (Å²) in [5, 5.41) is 0. The van der Waals surface area contributed by atoms with Crippen molar-refractivity contribution in [3.63, 3.8) is 0 Å². The fourth-order valence-corrected chi connectivity index (χ4v) is 2.49. The molecule has 0 radical (unpaired) electrons. The van der Waals surface area contributed by atoms with Crippen molar-refractivity contribution >= 4 is 0 Å². The zero-order valence-corrected chi connectivity index (χ0v) is 8.53. The number of rotatable bonds is 1. The Morgan fingerprint density at radius 3 is 2.92 bits per heavy atom. The van der Waals surface area contributed by atoms with E-state index in [1.165, 1.54) is 12.8 Å². The van der Waals surface area contributed by atoms with Gasteiger partial charge in [0, 0.05) is 0 Å². The Morgan fingerprint density at radius 1 is 1.31 bits per heavy atom. The molecular weight excluding hydrogens is 156 g/mol. The lowest BCUT2D eigenvalue weighted by atomic mass is 9.72. The van der Waals surface area contributed by atoms with Crippen LogP contribution in [0, 0.1) is 17.8 Å². The average Bonchev–Trinajstić information content (AvgIpc) is 2.17. The molecule has 2 unspecified atom stereocenters.